The van der Waals surface area contributed by atoms with Gasteiger partial charge in [0.2, 0.25) is 10.0 Å². The Morgan fingerprint density at radius 3 is 2.58 bits per heavy atom. The molecule has 33 heavy (non-hydrogen) atoms. The van der Waals surface area contributed by atoms with E-state index in [1.807, 2.05) is 12.1 Å². The molecule has 0 bridgehead atoms. The number of alkyl halides is 3. The summed E-state index contributed by atoms with van der Waals surface area (Å²) in [7, 11) is -2.40. The van der Waals surface area contributed by atoms with Crippen LogP contribution < -0.4 is 9.46 Å². The molecule has 0 amide bonds. The predicted molar refractivity (Wildman–Crippen MR) is 113 cm³/mol. The normalized spacial score (nSPS) is 16.1. The molecule has 2 N–H and O–H groups in total. The van der Waals surface area contributed by atoms with Crippen molar-refractivity contribution in [3.8, 4) is 5.75 Å². The minimum Gasteiger partial charge on any atom is -0.495 e. The Hall–Kier alpha value is -2.89. The van der Waals surface area contributed by atoms with Crippen LogP contribution in [0.4, 0.5) is 13.2 Å². The van der Waals surface area contributed by atoms with Crippen LogP contribution in [-0.4, -0.2) is 36.5 Å². The van der Waals surface area contributed by atoms with Crippen LogP contribution >= 0.6 is 0 Å². The van der Waals surface area contributed by atoms with E-state index in [4.69, 9.17) is 4.74 Å². The second-order valence-corrected chi connectivity index (χ2v) is 9.52. The number of methoxy groups -OCH3 is 1. The zero-order valence-electron chi connectivity index (χ0n) is 17.6. The zero-order valence-corrected chi connectivity index (χ0v) is 18.4. The third kappa shape index (κ3) is 4.90. The van der Waals surface area contributed by atoms with Crippen LogP contribution in [0.15, 0.2) is 53.6 Å². The van der Waals surface area contributed by atoms with Gasteiger partial charge in [-0.05, 0) is 41.7 Å². The van der Waals surface area contributed by atoms with E-state index >= 15 is 0 Å². The molecule has 1 aliphatic carbocycles. The molecule has 0 saturated carbocycles. The Labute approximate surface area is 188 Å². The molecule has 0 spiro atoms. The van der Waals surface area contributed by atoms with E-state index in [1.54, 1.807) is 24.3 Å². The first-order chi connectivity index (χ1) is 15.6. The zero-order chi connectivity index (χ0) is 23.8. The molecule has 1 atom stereocenters. The number of fused-ring (bicyclic) bond motifs is 1. The summed E-state index contributed by atoms with van der Waals surface area (Å²) < 4.78 is 73.9. The number of halogens is 3. The number of sulfonamides is 1. The van der Waals surface area contributed by atoms with Crippen molar-refractivity contribution >= 4 is 10.0 Å². The summed E-state index contributed by atoms with van der Waals surface area (Å²) >= 11 is 0. The van der Waals surface area contributed by atoms with Crippen molar-refractivity contribution in [2.75, 3.05) is 7.11 Å². The van der Waals surface area contributed by atoms with Crippen LogP contribution in [-0.2, 0) is 42.2 Å². The Bertz CT molecular complexity index is 1270. The van der Waals surface area contributed by atoms with E-state index in [9.17, 15) is 26.7 Å². The molecule has 0 fully saturated rings. The standard InChI is InChI=1S/C22H22F3N3O4S/c1-32-19-4-2-3-5-20(19)33(30,31)27-18-9-15-7-6-14(8-16(15)10-18)11-28-12-17(13-29)21(26-28)22(23,24)25/h2-8,12,18,27,29H,9-11,13H2,1H3. The first-order valence-corrected chi connectivity index (χ1v) is 11.6. The van der Waals surface area contributed by atoms with Crippen molar-refractivity contribution in [1.82, 2.24) is 14.5 Å². The highest BCUT2D eigenvalue weighted by atomic mass is 32.2. The second kappa shape index (κ2) is 8.81. The van der Waals surface area contributed by atoms with Crippen LogP contribution in [0.3, 0.4) is 0 Å². The molecule has 11 heteroatoms. The summed E-state index contributed by atoms with van der Waals surface area (Å²) in [5.41, 5.74) is 1.24. The van der Waals surface area contributed by atoms with Gasteiger partial charge >= 0.3 is 6.18 Å². The van der Waals surface area contributed by atoms with Crippen molar-refractivity contribution in [1.29, 1.82) is 0 Å². The summed E-state index contributed by atoms with van der Waals surface area (Å²) in [6.45, 7) is -0.666. The molecule has 4 rings (SSSR count). The fourth-order valence-electron chi connectivity index (χ4n) is 4.06. The van der Waals surface area contributed by atoms with Gasteiger partial charge in [0.1, 0.15) is 10.6 Å². The monoisotopic (exact) mass is 481 g/mol. The molecule has 1 unspecified atom stereocenters. The number of rotatable bonds is 7. The number of ether oxygens (including phenoxy) is 1. The minimum absolute atomic E-state index is 0.0583. The van der Waals surface area contributed by atoms with Gasteiger partial charge in [-0.3, -0.25) is 4.68 Å². The number of aliphatic hydroxyl groups excluding tert-OH is 1. The lowest BCUT2D eigenvalue weighted by Gasteiger charge is -2.14. The van der Waals surface area contributed by atoms with E-state index in [0.717, 1.165) is 21.4 Å². The summed E-state index contributed by atoms with van der Waals surface area (Å²) in [5, 5.41) is 12.8. The van der Waals surface area contributed by atoms with E-state index in [-0.39, 0.29) is 28.8 Å². The Morgan fingerprint density at radius 2 is 1.91 bits per heavy atom. The number of aliphatic hydroxyl groups is 1. The number of nitrogens with zero attached hydrogens (tertiary/aromatic N) is 2. The van der Waals surface area contributed by atoms with Crippen molar-refractivity contribution in [2.24, 2.45) is 0 Å². The topological polar surface area (TPSA) is 93.5 Å². The Kier molecular flexibility index (Phi) is 6.21. The molecule has 1 heterocycles. The Balaban J connectivity index is 1.49. The van der Waals surface area contributed by atoms with Gasteiger partial charge in [0.25, 0.3) is 0 Å². The molecular formula is C22H22F3N3O4S. The molecule has 7 nitrogen and oxygen atoms in total. The van der Waals surface area contributed by atoms with Gasteiger partial charge in [0.05, 0.1) is 20.3 Å². The van der Waals surface area contributed by atoms with Gasteiger partial charge < -0.3 is 9.84 Å². The van der Waals surface area contributed by atoms with Gasteiger partial charge in [-0.15, -0.1) is 0 Å². The largest absolute Gasteiger partial charge is 0.495 e. The van der Waals surface area contributed by atoms with Crippen molar-refractivity contribution in [3.63, 3.8) is 0 Å². The molecular weight excluding hydrogens is 459 g/mol. The smallest absolute Gasteiger partial charge is 0.435 e. The minimum atomic E-state index is -4.65. The predicted octanol–water partition coefficient (Wildman–Crippen LogP) is 2.90. The SMILES string of the molecule is COc1ccccc1S(=O)(=O)NC1Cc2ccc(Cn3cc(CO)c(C(F)(F)F)n3)cc2C1. The maximum Gasteiger partial charge on any atom is 0.435 e. The van der Waals surface area contributed by atoms with Gasteiger partial charge in [0.15, 0.2) is 5.69 Å². The maximum atomic E-state index is 13.1. The number of para-hydroxylation sites is 1. The van der Waals surface area contributed by atoms with E-state index in [0.29, 0.717) is 12.8 Å². The van der Waals surface area contributed by atoms with Gasteiger partial charge in [-0.2, -0.15) is 18.3 Å². The van der Waals surface area contributed by atoms with Crippen LogP contribution in [0.2, 0.25) is 0 Å². The number of nitrogens with one attached hydrogen (secondary N) is 1. The molecule has 0 radical (unpaired) electrons. The molecule has 176 valence electrons. The summed E-state index contributed by atoms with van der Waals surface area (Å²) in [6.07, 6.45) is -2.52. The van der Waals surface area contributed by atoms with Crippen LogP contribution in [0.1, 0.15) is 27.9 Å². The number of hydrogen-bond donors (Lipinski definition) is 2. The first kappa shape index (κ1) is 23.3. The highest BCUT2D eigenvalue weighted by Crippen LogP contribution is 2.31. The number of benzene rings is 2. The van der Waals surface area contributed by atoms with Gasteiger partial charge in [0, 0.05) is 17.8 Å². The van der Waals surface area contributed by atoms with Crippen molar-refractivity contribution in [2.45, 2.75) is 43.1 Å². The lowest BCUT2D eigenvalue weighted by Crippen LogP contribution is -2.35. The van der Waals surface area contributed by atoms with Gasteiger partial charge in [-0.1, -0.05) is 30.3 Å². The van der Waals surface area contributed by atoms with E-state index in [2.05, 4.69) is 9.82 Å². The first-order valence-electron chi connectivity index (χ1n) is 10.1. The Morgan fingerprint density at radius 1 is 1.18 bits per heavy atom. The second-order valence-electron chi connectivity index (χ2n) is 7.84. The molecule has 1 aliphatic rings. The lowest BCUT2D eigenvalue weighted by atomic mass is 10.1. The van der Waals surface area contributed by atoms with Crippen LogP contribution in [0, 0.1) is 0 Å². The van der Waals surface area contributed by atoms with Crippen LogP contribution in [0.5, 0.6) is 5.75 Å². The maximum absolute atomic E-state index is 13.1. The van der Waals surface area contributed by atoms with Crippen molar-refractivity contribution in [3.05, 3.63) is 76.6 Å². The quantitative estimate of drug-likeness (QED) is 0.541. The number of hydrogen-bond acceptors (Lipinski definition) is 5. The lowest BCUT2D eigenvalue weighted by molar-refractivity contribution is -0.142. The molecule has 0 aliphatic heterocycles. The fourth-order valence-corrected chi connectivity index (χ4v) is 5.47. The fraction of sp³-hybridized carbons (Fsp3) is 0.318. The summed E-state index contributed by atoms with van der Waals surface area (Å²) in [5.74, 6) is 0.252. The van der Waals surface area contributed by atoms with Gasteiger partial charge in [-0.25, -0.2) is 13.1 Å². The third-order valence-electron chi connectivity index (χ3n) is 5.50. The molecule has 1 aromatic heterocycles. The van der Waals surface area contributed by atoms with E-state index < -0.39 is 28.5 Å². The average molecular weight is 481 g/mol. The molecule has 3 aromatic rings. The third-order valence-corrected chi connectivity index (χ3v) is 7.06. The summed E-state index contributed by atoms with van der Waals surface area (Å²) in [4.78, 5) is 0.0583. The molecule has 0 saturated heterocycles. The average Bonchev–Trinajstić information content (AvgIpc) is 3.36. The van der Waals surface area contributed by atoms with Crippen LogP contribution in [0.25, 0.3) is 0 Å². The number of aromatic nitrogens is 2. The molecule has 2 aromatic carbocycles. The summed E-state index contributed by atoms with van der Waals surface area (Å²) in [6, 6.07) is 11.5. The highest BCUT2D eigenvalue weighted by molar-refractivity contribution is 7.89. The van der Waals surface area contributed by atoms with Crippen molar-refractivity contribution < 1.29 is 31.4 Å². The highest BCUT2D eigenvalue weighted by Gasteiger charge is 2.37. The van der Waals surface area contributed by atoms with E-state index in [1.165, 1.54) is 19.4 Å².